The number of hydrogen-bond donors (Lipinski definition) is 1. The van der Waals surface area contributed by atoms with Gasteiger partial charge in [0, 0.05) is 31.1 Å². The van der Waals surface area contributed by atoms with Crippen LogP contribution < -0.4 is 0 Å². The molecule has 1 aromatic rings. The Balaban J connectivity index is 1.50. The number of rotatable bonds is 4. The summed E-state index contributed by atoms with van der Waals surface area (Å²) in [6, 6.07) is 6.63. The summed E-state index contributed by atoms with van der Waals surface area (Å²) in [5.74, 6) is -0.591. The number of fused-ring (bicyclic) bond motifs is 1. The van der Waals surface area contributed by atoms with Crippen LogP contribution in [0.2, 0.25) is 0 Å². The van der Waals surface area contributed by atoms with Crippen molar-refractivity contribution in [2.45, 2.75) is 63.6 Å². The number of carbonyl (C=O) groups excluding carboxylic acids is 2. The number of aliphatic carboxylic acids is 1. The van der Waals surface area contributed by atoms with E-state index in [-0.39, 0.29) is 17.9 Å². The second kappa shape index (κ2) is 7.33. The highest BCUT2D eigenvalue weighted by molar-refractivity contribution is 5.97. The monoisotopic (exact) mass is 370 g/mol. The first kappa shape index (κ1) is 18.0. The van der Waals surface area contributed by atoms with Crippen molar-refractivity contribution in [3.63, 3.8) is 0 Å². The molecule has 0 bridgehead atoms. The molecule has 1 N–H and O–H groups in total. The van der Waals surface area contributed by atoms with Gasteiger partial charge in [-0.1, -0.05) is 25.0 Å². The summed E-state index contributed by atoms with van der Waals surface area (Å²) >= 11 is 0. The van der Waals surface area contributed by atoms with Gasteiger partial charge < -0.3 is 14.9 Å². The smallest absolute Gasteiger partial charge is 0.326 e. The number of amides is 2. The fraction of sp³-hybridized carbons (Fsp3) is 0.571. The van der Waals surface area contributed by atoms with Gasteiger partial charge in [0.25, 0.3) is 5.91 Å². The Morgan fingerprint density at radius 1 is 1.07 bits per heavy atom. The normalized spacial score (nSPS) is 27.7. The van der Waals surface area contributed by atoms with Crippen molar-refractivity contribution in [2.75, 3.05) is 6.54 Å². The Bertz CT molecular complexity index is 745. The lowest BCUT2D eigenvalue weighted by atomic mass is 9.84. The minimum Gasteiger partial charge on any atom is -0.480 e. The Hall–Kier alpha value is -2.37. The van der Waals surface area contributed by atoms with Crippen molar-refractivity contribution < 1.29 is 19.5 Å². The number of hydrogen-bond acceptors (Lipinski definition) is 3. The van der Waals surface area contributed by atoms with Crippen molar-refractivity contribution in [2.24, 2.45) is 5.92 Å². The van der Waals surface area contributed by atoms with Crippen LogP contribution in [0.5, 0.6) is 0 Å². The zero-order valence-electron chi connectivity index (χ0n) is 15.5. The summed E-state index contributed by atoms with van der Waals surface area (Å²) in [7, 11) is 0. The van der Waals surface area contributed by atoms with Gasteiger partial charge in [0.2, 0.25) is 5.91 Å². The third kappa shape index (κ3) is 3.45. The second-order valence-electron chi connectivity index (χ2n) is 8.03. The zero-order chi connectivity index (χ0) is 19.0. The largest absolute Gasteiger partial charge is 0.480 e. The predicted molar refractivity (Wildman–Crippen MR) is 99.0 cm³/mol. The van der Waals surface area contributed by atoms with Crippen LogP contribution in [0.25, 0.3) is 0 Å². The molecule has 2 heterocycles. The SMILES string of the molecule is O=C(O)[C@@H]1C[C@H]2CCCC[C@@H]2N1C(=O)c1ccc(CN2CCCC2=O)cc1. The molecule has 0 spiro atoms. The molecule has 1 aliphatic carbocycles. The maximum Gasteiger partial charge on any atom is 0.326 e. The van der Waals surface area contributed by atoms with Crippen molar-refractivity contribution in [3.05, 3.63) is 35.4 Å². The fourth-order valence-corrected chi connectivity index (χ4v) is 4.97. The molecule has 2 aliphatic heterocycles. The third-order valence-corrected chi connectivity index (χ3v) is 6.35. The van der Waals surface area contributed by atoms with Gasteiger partial charge in [0.15, 0.2) is 0 Å². The molecule has 6 nitrogen and oxygen atoms in total. The lowest BCUT2D eigenvalue weighted by molar-refractivity contribution is -0.141. The molecule has 6 heteroatoms. The fourth-order valence-electron chi connectivity index (χ4n) is 4.97. The van der Waals surface area contributed by atoms with E-state index in [1.165, 1.54) is 0 Å². The highest BCUT2D eigenvalue weighted by Gasteiger charge is 2.47. The van der Waals surface area contributed by atoms with Crippen LogP contribution in [0.4, 0.5) is 0 Å². The molecule has 4 rings (SSSR count). The van der Waals surface area contributed by atoms with E-state index in [1.54, 1.807) is 17.0 Å². The molecule has 3 aliphatic rings. The molecule has 1 saturated carbocycles. The highest BCUT2D eigenvalue weighted by Crippen LogP contribution is 2.40. The van der Waals surface area contributed by atoms with E-state index in [1.807, 2.05) is 17.0 Å². The molecule has 3 atom stereocenters. The molecule has 0 aromatic heterocycles. The lowest BCUT2D eigenvalue weighted by Gasteiger charge is -2.33. The van der Waals surface area contributed by atoms with Crippen LogP contribution in [0, 0.1) is 5.92 Å². The lowest BCUT2D eigenvalue weighted by Crippen LogP contribution is -2.46. The molecule has 0 radical (unpaired) electrons. The number of carbonyl (C=O) groups is 3. The van der Waals surface area contributed by atoms with E-state index in [0.717, 1.165) is 44.2 Å². The van der Waals surface area contributed by atoms with E-state index in [4.69, 9.17) is 0 Å². The van der Waals surface area contributed by atoms with Gasteiger partial charge in [-0.2, -0.15) is 0 Å². The summed E-state index contributed by atoms with van der Waals surface area (Å²) in [6.07, 6.45) is 6.19. The molecule has 2 amide bonds. The first-order chi connectivity index (χ1) is 13.0. The summed E-state index contributed by atoms with van der Waals surface area (Å²) in [5.41, 5.74) is 1.53. The van der Waals surface area contributed by atoms with E-state index in [9.17, 15) is 19.5 Å². The Morgan fingerprint density at radius 2 is 1.81 bits per heavy atom. The Morgan fingerprint density at radius 3 is 2.48 bits per heavy atom. The maximum absolute atomic E-state index is 13.1. The van der Waals surface area contributed by atoms with Crippen molar-refractivity contribution in [1.82, 2.24) is 9.80 Å². The average Bonchev–Trinajstić information content (AvgIpc) is 3.25. The molecule has 1 aromatic carbocycles. The van der Waals surface area contributed by atoms with Crippen LogP contribution >= 0.6 is 0 Å². The van der Waals surface area contributed by atoms with Crippen molar-refractivity contribution in [1.29, 1.82) is 0 Å². The highest BCUT2D eigenvalue weighted by atomic mass is 16.4. The first-order valence-corrected chi connectivity index (χ1v) is 9.97. The minimum absolute atomic E-state index is 0.0502. The predicted octanol–water partition coefficient (Wildman–Crippen LogP) is 2.67. The van der Waals surface area contributed by atoms with E-state index < -0.39 is 12.0 Å². The van der Waals surface area contributed by atoms with Gasteiger partial charge in [-0.25, -0.2) is 4.79 Å². The summed E-state index contributed by atoms with van der Waals surface area (Å²) < 4.78 is 0. The van der Waals surface area contributed by atoms with Gasteiger partial charge >= 0.3 is 5.97 Å². The summed E-state index contributed by atoms with van der Waals surface area (Å²) in [6.45, 7) is 1.36. The van der Waals surface area contributed by atoms with Gasteiger partial charge in [0.05, 0.1) is 0 Å². The standard InChI is InChI=1S/C21H26N2O4/c24-19-6-3-11-22(19)13-14-7-9-15(10-8-14)20(25)23-17-5-2-1-4-16(17)12-18(23)21(26)27/h7-10,16-18H,1-6,11-13H2,(H,26,27)/t16-,17+,18+/m1/s1. The number of benzene rings is 1. The Kier molecular flexibility index (Phi) is 4.89. The van der Waals surface area contributed by atoms with Crippen LogP contribution in [-0.2, 0) is 16.1 Å². The molecule has 27 heavy (non-hydrogen) atoms. The van der Waals surface area contributed by atoms with Gasteiger partial charge in [-0.15, -0.1) is 0 Å². The zero-order valence-corrected chi connectivity index (χ0v) is 15.5. The Labute approximate surface area is 159 Å². The summed E-state index contributed by atoms with van der Waals surface area (Å²) in [4.78, 5) is 40.1. The maximum atomic E-state index is 13.1. The summed E-state index contributed by atoms with van der Waals surface area (Å²) in [5, 5.41) is 9.62. The average molecular weight is 370 g/mol. The third-order valence-electron chi connectivity index (χ3n) is 6.35. The quantitative estimate of drug-likeness (QED) is 0.884. The molecule has 2 saturated heterocycles. The van der Waals surface area contributed by atoms with Crippen LogP contribution in [0.1, 0.15) is 60.9 Å². The van der Waals surface area contributed by atoms with Crippen LogP contribution in [0.15, 0.2) is 24.3 Å². The molecule has 0 unspecified atom stereocenters. The van der Waals surface area contributed by atoms with Gasteiger partial charge in [-0.3, -0.25) is 9.59 Å². The molecular formula is C21H26N2O4. The molecule has 3 fully saturated rings. The van der Waals surface area contributed by atoms with Crippen LogP contribution in [0.3, 0.4) is 0 Å². The van der Waals surface area contributed by atoms with Crippen LogP contribution in [-0.4, -0.2) is 51.3 Å². The molecule has 144 valence electrons. The van der Waals surface area contributed by atoms with E-state index in [2.05, 4.69) is 0 Å². The number of carboxylic acid groups (broad SMARTS) is 1. The first-order valence-electron chi connectivity index (χ1n) is 9.97. The number of likely N-dealkylation sites (tertiary alicyclic amines) is 2. The van der Waals surface area contributed by atoms with E-state index >= 15 is 0 Å². The number of carboxylic acids is 1. The van der Waals surface area contributed by atoms with E-state index in [0.29, 0.717) is 30.9 Å². The topological polar surface area (TPSA) is 77.9 Å². The van der Waals surface area contributed by atoms with Gasteiger partial charge in [-0.05, 0) is 49.3 Å². The van der Waals surface area contributed by atoms with Crippen molar-refractivity contribution >= 4 is 17.8 Å². The van der Waals surface area contributed by atoms with Gasteiger partial charge in [0.1, 0.15) is 6.04 Å². The number of nitrogens with zero attached hydrogens (tertiary/aromatic N) is 2. The second-order valence-corrected chi connectivity index (χ2v) is 8.03. The molecular weight excluding hydrogens is 344 g/mol. The minimum atomic E-state index is -0.901. The van der Waals surface area contributed by atoms with Crippen molar-refractivity contribution in [3.8, 4) is 0 Å².